The molecule has 146 valence electrons. The molecule has 8 heteroatoms. The fraction of sp³-hybridized carbons (Fsp3) is 0.579. The number of rotatable bonds is 5. The number of carbonyl (C=O) groups is 2. The molecule has 0 aliphatic carbocycles. The molecule has 1 unspecified atom stereocenters. The zero-order chi connectivity index (χ0) is 19.8. The van der Waals surface area contributed by atoms with Crippen molar-refractivity contribution in [3.63, 3.8) is 0 Å². The first-order valence-corrected chi connectivity index (χ1v) is 9.03. The molecule has 8 nitrogen and oxygen atoms in total. The average Bonchev–Trinajstić information content (AvgIpc) is 3.28. The highest BCUT2D eigenvalue weighted by atomic mass is 16.5. The molecule has 2 amide bonds. The van der Waals surface area contributed by atoms with E-state index >= 15 is 0 Å². The molecule has 1 aliphatic heterocycles. The van der Waals surface area contributed by atoms with Gasteiger partial charge < -0.3 is 19.2 Å². The summed E-state index contributed by atoms with van der Waals surface area (Å²) in [5.74, 6) is 0.960. The first kappa shape index (κ1) is 19.1. The van der Waals surface area contributed by atoms with Crippen molar-refractivity contribution in [3.05, 3.63) is 35.9 Å². The first-order valence-electron chi connectivity index (χ1n) is 9.03. The molecule has 0 aromatic carbocycles. The lowest BCUT2D eigenvalue weighted by Crippen LogP contribution is -2.45. The zero-order valence-corrected chi connectivity index (χ0v) is 16.4. The number of hydrogen-bond donors (Lipinski definition) is 1. The summed E-state index contributed by atoms with van der Waals surface area (Å²) < 4.78 is 10.6. The van der Waals surface area contributed by atoms with Crippen LogP contribution in [-0.2, 0) is 27.1 Å². The Balaban J connectivity index is 1.64. The van der Waals surface area contributed by atoms with E-state index < -0.39 is 11.5 Å². The molecule has 2 aromatic heterocycles. The van der Waals surface area contributed by atoms with Crippen molar-refractivity contribution >= 4 is 11.8 Å². The largest absolute Gasteiger partial charge is 0.467 e. The molecule has 0 radical (unpaired) electrons. The summed E-state index contributed by atoms with van der Waals surface area (Å²) >= 11 is 0. The van der Waals surface area contributed by atoms with Gasteiger partial charge in [-0.05, 0) is 26.0 Å². The molecule has 0 saturated carbocycles. The molecule has 2 aromatic rings. The number of amides is 2. The van der Waals surface area contributed by atoms with E-state index in [1.165, 1.54) is 0 Å². The van der Waals surface area contributed by atoms with Crippen LogP contribution in [0.5, 0.6) is 0 Å². The van der Waals surface area contributed by atoms with E-state index in [1.54, 1.807) is 17.2 Å². The molecule has 1 atom stereocenters. The lowest BCUT2D eigenvalue weighted by molar-refractivity contribution is -0.129. The van der Waals surface area contributed by atoms with Crippen LogP contribution in [0, 0.1) is 5.92 Å². The predicted octanol–water partition coefficient (Wildman–Crippen LogP) is 2.36. The Morgan fingerprint density at radius 2 is 2.07 bits per heavy atom. The van der Waals surface area contributed by atoms with Crippen LogP contribution in [0.3, 0.4) is 0 Å². The minimum atomic E-state index is -0.804. The van der Waals surface area contributed by atoms with Crippen LogP contribution in [0.25, 0.3) is 0 Å². The van der Waals surface area contributed by atoms with Crippen molar-refractivity contribution < 1.29 is 18.5 Å². The molecule has 0 bridgehead atoms. The Bertz CT molecular complexity index is 817. The third kappa shape index (κ3) is 4.20. The van der Waals surface area contributed by atoms with Crippen molar-refractivity contribution in [3.8, 4) is 0 Å². The summed E-state index contributed by atoms with van der Waals surface area (Å²) in [7, 11) is 0. The smallest absolute Gasteiger partial charge is 0.232 e. The van der Waals surface area contributed by atoms with E-state index in [1.807, 2.05) is 40.7 Å². The Morgan fingerprint density at radius 3 is 2.67 bits per heavy atom. The Labute approximate surface area is 158 Å². The van der Waals surface area contributed by atoms with Gasteiger partial charge in [-0.15, -0.1) is 0 Å². The van der Waals surface area contributed by atoms with Gasteiger partial charge in [0.2, 0.25) is 17.7 Å². The third-order valence-corrected chi connectivity index (χ3v) is 4.57. The van der Waals surface area contributed by atoms with Gasteiger partial charge in [0, 0.05) is 18.4 Å². The van der Waals surface area contributed by atoms with Crippen LogP contribution >= 0.6 is 0 Å². The van der Waals surface area contributed by atoms with Gasteiger partial charge >= 0.3 is 0 Å². The van der Waals surface area contributed by atoms with Crippen molar-refractivity contribution in [2.45, 2.75) is 58.5 Å². The summed E-state index contributed by atoms with van der Waals surface area (Å²) in [5.41, 5.74) is -1.07. The van der Waals surface area contributed by atoms with Gasteiger partial charge in [-0.1, -0.05) is 25.9 Å². The van der Waals surface area contributed by atoms with E-state index in [4.69, 9.17) is 8.94 Å². The van der Waals surface area contributed by atoms with Crippen molar-refractivity contribution in [2.24, 2.45) is 5.92 Å². The maximum atomic E-state index is 12.7. The average molecular weight is 374 g/mol. The maximum absolute atomic E-state index is 12.7. The van der Waals surface area contributed by atoms with Crippen molar-refractivity contribution in [1.29, 1.82) is 0 Å². The lowest BCUT2D eigenvalue weighted by atomic mass is 9.96. The highest BCUT2D eigenvalue weighted by molar-refractivity contribution is 5.89. The van der Waals surface area contributed by atoms with Gasteiger partial charge in [0.25, 0.3) is 0 Å². The molecule has 3 rings (SSSR count). The van der Waals surface area contributed by atoms with Crippen LogP contribution in [0.4, 0.5) is 0 Å². The number of aromatic nitrogens is 2. The fourth-order valence-corrected chi connectivity index (χ4v) is 2.94. The van der Waals surface area contributed by atoms with Gasteiger partial charge in [0.05, 0.1) is 24.3 Å². The Hall–Kier alpha value is -2.64. The second kappa shape index (κ2) is 6.83. The molecule has 0 spiro atoms. The summed E-state index contributed by atoms with van der Waals surface area (Å²) in [4.78, 5) is 31.0. The van der Waals surface area contributed by atoms with E-state index in [9.17, 15) is 9.59 Å². The topological polar surface area (TPSA) is 101 Å². The number of nitrogens with zero attached hydrogens (tertiary/aromatic N) is 3. The summed E-state index contributed by atoms with van der Waals surface area (Å²) in [6, 6.07) is 3.59. The van der Waals surface area contributed by atoms with E-state index in [0.717, 1.165) is 0 Å². The lowest BCUT2D eigenvalue weighted by Gasteiger charge is -2.24. The van der Waals surface area contributed by atoms with Crippen molar-refractivity contribution in [1.82, 2.24) is 20.4 Å². The van der Waals surface area contributed by atoms with E-state index in [2.05, 4.69) is 15.5 Å². The second-order valence-electron chi connectivity index (χ2n) is 8.54. The zero-order valence-electron chi connectivity index (χ0n) is 16.4. The molecule has 1 N–H and O–H groups in total. The highest BCUT2D eigenvalue weighted by Crippen LogP contribution is 2.26. The van der Waals surface area contributed by atoms with Gasteiger partial charge in [-0.3, -0.25) is 9.59 Å². The molecule has 1 fully saturated rings. The van der Waals surface area contributed by atoms with Gasteiger partial charge in [-0.25, -0.2) is 0 Å². The Kier molecular flexibility index (Phi) is 4.84. The summed E-state index contributed by atoms with van der Waals surface area (Å²) in [5, 5.41) is 6.98. The molecular weight excluding hydrogens is 348 g/mol. The summed E-state index contributed by atoms with van der Waals surface area (Å²) in [6.07, 6.45) is 1.75. The van der Waals surface area contributed by atoms with Crippen LogP contribution in [-0.4, -0.2) is 33.4 Å². The van der Waals surface area contributed by atoms with Crippen molar-refractivity contribution in [2.75, 3.05) is 6.54 Å². The molecule has 3 heterocycles. The second-order valence-corrected chi connectivity index (χ2v) is 8.54. The maximum Gasteiger partial charge on any atom is 0.232 e. The number of carbonyl (C=O) groups excluding carboxylic acids is 2. The first-order chi connectivity index (χ1) is 12.6. The van der Waals surface area contributed by atoms with Crippen LogP contribution in [0.15, 0.2) is 27.3 Å². The number of likely N-dealkylation sites (tertiary alicyclic amines) is 1. The van der Waals surface area contributed by atoms with Gasteiger partial charge in [-0.2, -0.15) is 4.98 Å². The van der Waals surface area contributed by atoms with E-state index in [0.29, 0.717) is 30.6 Å². The number of nitrogens with one attached hydrogen (secondary N) is 1. The van der Waals surface area contributed by atoms with Gasteiger partial charge in [0.1, 0.15) is 5.76 Å². The minimum Gasteiger partial charge on any atom is -0.467 e. The third-order valence-electron chi connectivity index (χ3n) is 4.57. The normalized spacial score (nSPS) is 18.2. The molecule has 1 aliphatic rings. The number of furan rings is 1. The Morgan fingerprint density at radius 1 is 1.33 bits per heavy atom. The summed E-state index contributed by atoms with van der Waals surface area (Å²) in [6.45, 7) is 10.3. The fourth-order valence-electron chi connectivity index (χ4n) is 2.94. The standard InChI is InChI=1S/C19H26N4O4/c1-18(2,3)17-20-16(22-27-17)19(4,5)21-15(25)12-9-14(24)23(10-12)11-13-7-6-8-26-13/h6-8,12H,9-11H2,1-5H3,(H,21,25). The quantitative estimate of drug-likeness (QED) is 0.862. The number of hydrogen-bond acceptors (Lipinski definition) is 6. The van der Waals surface area contributed by atoms with E-state index in [-0.39, 0.29) is 23.7 Å². The van der Waals surface area contributed by atoms with Gasteiger partial charge in [0.15, 0.2) is 5.82 Å². The van der Waals surface area contributed by atoms with Crippen LogP contribution in [0.1, 0.15) is 58.5 Å². The van der Waals surface area contributed by atoms with Crippen LogP contribution in [0.2, 0.25) is 0 Å². The molecular formula is C19H26N4O4. The molecule has 1 saturated heterocycles. The highest BCUT2D eigenvalue weighted by Gasteiger charge is 2.38. The molecule has 27 heavy (non-hydrogen) atoms. The SMILES string of the molecule is CC(C)(C)c1nc(C(C)(C)NC(=O)C2CC(=O)N(Cc3ccco3)C2)no1. The minimum absolute atomic E-state index is 0.0565. The predicted molar refractivity (Wildman–Crippen MR) is 96.4 cm³/mol. The monoisotopic (exact) mass is 374 g/mol. The van der Waals surface area contributed by atoms with Crippen LogP contribution < -0.4 is 5.32 Å².